The number of carbonyl (C=O) groups is 1. The number of benzene rings is 2. The van der Waals surface area contributed by atoms with Crippen molar-refractivity contribution < 1.29 is 4.79 Å². The summed E-state index contributed by atoms with van der Waals surface area (Å²) in [6.07, 6.45) is 0. The Hall–Kier alpha value is -1.85. The third-order valence-corrected chi connectivity index (χ3v) is 3.89. The Bertz CT molecular complexity index is 702. The zero-order valence-corrected chi connectivity index (χ0v) is 11.5. The van der Waals surface area contributed by atoms with E-state index in [1.54, 1.807) is 24.3 Å². The first-order valence-electron chi connectivity index (χ1n) is 5.68. The Morgan fingerprint density at radius 3 is 2.58 bits per heavy atom. The zero-order chi connectivity index (χ0) is 13.2. The van der Waals surface area contributed by atoms with Crippen molar-refractivity contribution in [2.75, 3.05) is 5.32 Å². The number of anilines is 1. The fraction of sp³-hybridized carbons (Fsp3) is 0. The second-order valence-corrected chi connectivity index (χ2v) is 5.53. The van der Waals surface area contributed by atoms with E-state index in [-0.39, 0.29) is 5.91 Å². The van der Waals surface area contributed by atoms with Crippen LogP contribution in [0.4, 0.5) is 5.13 Å². The molecule has 1 aromatic heterocycles. The van der Waals surface area contributed by atoms with E-state index < -0.39 is 0 Å². The number of hydrogen-bond acceptors (Lipinski definition) is 4. The van der Waals surface area contributed by atoms with E-state index in [9.17, 15) is 4.79 Å². The second-order valence-electron chi connectivity index (χ2n) is 3.99. The summed E-state index contributed by atoms with van der Waals surface area (Å²) >= 11 is 5.66. The molecule has 1 N–H and O–H groups in total. The minimum Gasteiger partial charge on any atom is -0.298 e. The molecular weight excluding hydrogens is 276 g/mol. The van der Waals surface area contributed by atoms with Crippen molar-refractivity contribution in [3.8, 4) is 0 Å². The molecule has 3 rings (SSSR count). The number of thiazole rings is 1. The van der Waals surface area contributed by atoms with Crippen molar-refractivity contribution in [2.45, 2.75) is 4.90 Å². The van der Waals surface area contributed by atoms with Crippen LogP contribution in [0.15, 0.2) is 53.4 Å². The van der Waals surface area contributed by atoms with Gasteiger partial charge in [-0.1, -0.05) is 23.5 Å². The maximum absolute atomic E-state index is 12.0. The fourth-order valence-corrected chi connectivity index (χ4v) is 2.72. The topological polar surface area (TPSA) is 42.0 Å². The van der Waals surface area contributed by atoms with Gasteiger partial charge in [-0.25, -0.2) is 4.98 Å². The molecule has 0 unspecified atom stereocenters. The first kappa shape index (κ1) is 12.2. The minimum absolute atomic E-state index is 0.160. The predicted octanol–water partition coefficient (Wildman–Crippen LogP) is 3.84. The van der Waals surface area contributed by atoms with Crippen molar-refractivity contribution in [1.82, 2.24) is 4.98 Å². The minimum atomic E-state index is -0.160. The van der Waals surface area contributed by atoms with E-state index in [4.69, 9.17) is 0 Å². The van der Waals surface area contributed by atoms with Crippen LogP contribution in [0.2, 0.25) is 0 Å². The number of nitrogens with zero attached hydrogens (tertiary/aromatic N) is 1. The molecule has 5 heteroatoms. The second kappa shape index (κ2) is 5.03. The van der Waals surface area contributed by atoms with Gasteiger partial charge in [-0.3, -0.25) is 10.1 Å². The van der Waals surface area contributed by atoms with Gasteiger partial charge in [-0.05, 0) is 36.4 Å². The predicted molar refractivity (Wildman–Crippen MR) is 81.3 cm³/mol. The molecule has 3 nitrogen and oxygen atoms in total. The van der Waals surface area contributed by atoms with E-state index in [2.05, 4.69) is 22.9 Å². The van der Waals surface area contributed by atoms with E-state index in [1.807, 2.05) is 24.3 Å². The van der Waals surface area contributed by atoms with Gasteiger partial charge in [-0.15, -0.1) is 12.6 Å². The molecule has 0 saturated carbocycles. The number of amides is 1. The lowest BCUT2D eigenvalue weighted by molar-refractivity contribution is 0.102. The van der Waals surface area contributed by atoms with Crippen molar-refractivity contribution in [2.24, 2.45) is 0 Å². The Kier molecular flexibility index (Phi) is 3.23. The van der Waals surface area contributed by atoms with Crippen LogP contribution in [-0.4, -0.2) is 10.9 Å². The number of carbonyl (C=O) groups excluding carboxylic acids is 1. The summed E-state index contributed by atoms with van der Waals surface area (Å²) in [7, 11) is 0. The summed E-state index contributed by atoms with van der Waals surface area (Å²) in [5, 5.41) is 3.42. The van der Waals surface area contributed by atoms with E-state index in [1.165, 1.54) is 11.3 Å². The molecule has 1 heterocycles. The first-order chi connectivity index (χ1) is 9.22. The maximum atomic E-state index is 12.0. The molecular formula is C14H10N2OS2. The van der Waals surface area contributed by atoms with Gasteiger partial charge in [-0.2, -0.15) is 0 Å². The average molecular weight is 286 g/mol. The number of thiol groups is 1. The number of rotatable bonds is 2. The molecule has 0 atom stereocenters. The van der Waals surface area contributed by atoms with Crippen molar-refractivity contribution in [3.05, 3.63) is 54.1 Å². The third kappa shape index (κ3) is 2.62. The number of hydrogen-bond donors (Lipinski definition) is 2. The monoisotopic (exact) mass is 286 g/mol. The molecule has 0 saturated heterocycles. The molecule has 0 aliphatic carbocycles. The zero-order valence-electron chi connectivity index (χ0n) is 9.83. The Balaban J connectivity index is 1.84. The molecule has 94 valence electrons. The Labute approximate surface area is 119 Å². The molecule has 0 fully saturated rings. The van der Waals surface area contributed by atoms with Gasteiger partial charge in [0.25, 0.3) is 5.91 Å². The van der Waals surface area contributed by atoms with E-state index in [0.29, 0.717) is 10.7 Å². The lowest BCUT2D eigenvalue weighted by Crippen LogP contribution is -2.11. The van der Waals surface area contributed by atoms with Crippen LogP contribution in [0.5, 0.6) is 0 Å². The summed E-state index contributed by atoms with van der Waals surface area (Å²) in [6, 6.07) is 14.9. The highest BCUT2D eigenvalue weighted by molar-refractivity contribution is 7.80. The third-order valence-electron chi connectivity index (χ3n) is 2.64. The molecule has 19 heavy (non-hydrogen) atoms. The normalized spacial score (nSPS) is 10.6. The van der Waals surface area contributed by atoms with Crippen LogP contribution in [-0.2, 0) is 0 Å². The largest absolute Gasteiger partial charge is 0.298 e. The highest BCUT2D eigenvalue weighted by Crippen LogP contribution is 2.25. The van der Waals surface area contributed by atoms with Crippen LogP contribution >= 0.6 is 24.0 Å². The average Bonchev–Trinajstić information content (AvgIpc) is 2.81. The molecule has 0 bridgehead atoms. The summed E-state index contributed by atoms with van der Waals surface area (Å²) in [5.41, 5.74) is 1.49. The number of fused-ring (bicyclic) bond motifs is 1. The summed E-state index contributed by atoms with van der Waals surface area (Å²) < 4.78 is 1.06. The summed E-state index contributed by atoms with van der Waals surface area (Å²) in [4.78, 5) is 17.2. The first-order valence-corrected chi connectivity index (χ1v) is 6.95. The van der Waals surface area contributed by atoms with Crippen LogP contribution in [0, 0.1) is 0 Å². The fourth-order valence-electron chi connectivity index (χ4n) is 1.71. The van der Waals surface area contributed by atoms with E-state index >= 15 is 0 Å². The number of nitrogens with one attached hydrogen (secondary N) is 1. The maximum Gasteiger partial charge on any atom is 0.257 e. The lowest BCUT2D eigenvalue weighted by atomic mass is 10.2. The Morgan fingerprint density at radius 1 is 1.11 bits per heavy atom. The lowest BCUT2D eigenvalue weighted by Gasteiger charge is -2.01. The van der Waals surface area contributed by atoms with Gasteiger partial charge in [0.15, 0.2) is 5.13 Å². The standard InChI is InChI=1S/C14H10N2OS2/c17-13(9-5-7-10(18)8-6-9)16-14-15-11-3-1-2-4-12(11)19-14/h1-8,18H,(H,15,16,17). The highest BCUT2D eigenvalue weighted by Gasteiger charge is 2.09. The molecule has 0 aliphatic heterocycles. The van der Waals surface area contributed by atoms with Crippen LogP contribution in [0.3, 0.4) is 0 Å². The molecule has 0 aliphatic rings. The van der Waals surface area contributed by atoms with Gasteiger partial charge in [0.2, 0.25) is 0 Å². The van der Waals surface area contributed by atoms with Gasteiger partial charge in [0.1, 0.15) is 0 Å². The molecule has 1 amide bonds. The number of para-hydroxylation sites is 1. The smallest absolute Gasteiger partial charge is 0.257 e. The van der Waals surface area contributed by atoms with E-state index in [0.717, 1.165) is 15.1 Å². The van der Waals surface area contributed by atoms with Gasteiger partial charge < -0.3 is 0 Å². The molecule has 3 aromatic rings. The molecule has 2 aromatic carbocycles. The number of aromatic nitrogens is 1. The van der Waals surface area contributed by atoms with Crippen molar-refractivity contribution in [1.29, 1.82) is 0 Å². The highest BCUT2D eigenvalue weighted by atomic mass is 32.1. The van der Waals surface area contributed by atoms with Gasteiger partial charge in [0.05, 0.1) is 10.2 Å². The van der Waals surface area contributed by atoms with Crippen molar-refractivity contribution in [3.63, 3.8) is 0 Å². The summed E-state index contributed by atoms with van der Waals surface area (Å²) in [6.45, 7) is 0. The SMILES string of the molecule is O=C(Nc1nc2ccccc2s1)c1ccc(S)cc1. The Morgan fingerprint density at radius 2 is 1.84 bits per heavy atom. The van der Waals surface area contributed by atoms with Crippen LogP contribution in [0.25, 0.3) is 10.2 Å². The quantitative estimate of drug-likeness (QED) is 0.703. The van der Waals surface area contributed by atoms with Crippen molar-refractivity contribution >= 4 is 45.2 Å². The van der Waals surface area contributed by atoms with Crippen LogP contribution in [0.1, 0.15) is 10.4 Å². The molecule has 0 spiro atoms. The van der Waals surface area contributed by atoms with Gasteiger partial charge >= 0.3 is 0 Å². The van der Waals surface area contributed by atoms with Gasteiger partial charge in [0, 0.05) is 10.5 Å². The molecule has 0 radical (unpaired) electrons. The van der Waals surface area contributed by atoms with Crippen LogP contribution < -0.4 is 5.32 Å². The summed E-state index contributed by atoms with van der Waals surface area (Å²) in [5.74, 6) is -0.160.